The standard InChI is InChI=1S/C14H24N2O3S/c1-4-14(6-5-7-14)10-16-20(17,18)13-8-12(9-15-3)19-11(13)2/h8,15-16H,4-7,9-10H2,1-3H3. The first-order chi connectivity index (χ1) is 9.42. The average molecular weight is 300 g/mol. The van der Waals surface area contributed by atoms with Crippen LogP contribution in [0.5, 0.6) is 0 Å². The van der Waals surface area contributed by atoms with Crippen LogP contribution in [0.25, 0.3) is 0 Å². The van der Waals surface area contributed by atoms with Crippen LogP contribution in [0.4, 0.5) is 0 Å². The molecule has 0 atom stereocenters. The van der Waals surface area contributed by atoms with Gasteiger partial charge >= 0.3 is 0 Å². The molecular formula is C14H24N2O3S. The summed E-state index contributed by atoms with van der Waals surface area (Å²) < 4.78 is 33.0. The molecule has 2 rings (SSSR count). The number of hydrogen-bond acceptors (Lipinski definition) is 4. The minimum atomic E-state index is -3.48. The molecule has 1 aromatic rings. The van der Waals surface area contributed by atoms with Crippen molar-refractivity contribution in [2.45, 2.75) is 51.0 Å². The molecule has 1 aromatic heterocycles. The molecule has 0 saturated heterocycles. The maximum atomic E-state index is 12.4. The molecule has 6 heteroatoms. The van der Waals surface area contributed by atoms with Crippen molar-refractivity contribution < 1.29 is 12.8 Å². The molecule has 1 saturated carbocycles. The summed E-state index contributed by atoms with van der Waals surface area (Å²) in [5.41, 5.74) is 0.165. The molecule has 0 aliphatic heterocycles. The Morgan fingerprint density at radius 1 is 1.40 bits per heavy atom. The summed E-state index contributed by atoms with van der Waals surface area (Å²) in [7, 11) is -1.68. The van der Waals surface area contributed by atoms with Crippen molar-refractivity contribution in [3.05, 3.63) is 17.6 Å². The smallest absolute Gasteiger partial charge is 0.244 e. The Morgan fingerprint density at radius 3 is 2.60 bits per heavy atom. The first-order valence-electron chi connectivity index (χ1n) is 7.16. The van der Waals surface area contributed by atoms with E-state index in [0.717, 1.165) is 19.3 Å². The van der Waals surface area contributed by atoms with Gasteiger partial charge in [-0.15, -0.1) is 0 Å². The van der Waals surface area contributed by atoms with Crippen molar-refractivity contribution in [3.63, 3.8) is 0 Å². The number of sulfonamides is 1. The van der Waals surface area contributed by atoms with Crippen LogP contribution in [0.1, 0.15) is 44.1 Å². The van der Waals surface area contributed by atoms with Gasteiger partial charge in [0.2, 0.25) is 10.0 Å². The van der Waals surface area contributed by atoms with Gasteiger partial charge in [-0.2, -0.15) is 0 Å². The zero-order valence-electron chi connectivity index (χ0n) is 12.5. The van der Waals surface area contributed by atoms with E-state index in [2.05, 4.69) is 17.0 Å². The Morgan fingerprint density at radius 2 is 2.10 bits per heavy atom. The van der Waals surface area contributed by atoms with E-state index in [1.54, 1.807) is 20.0 Å². The fourth-order valence-corrected chi connectivity index (χ4v) is 4.07. The van der Waals surface area contributed by atoms with Gasteiger partial charge in [-0.05, 0) is 38.6 Å². The van der Waals surface area contributed by atoms with Gasteiger partial charge in [0.1, 0.15) is 16.4 Å². The number of aryl methyl sites for hydroxylation is 1. The molecule has 114 valence electrons. The molecule has 1 aliphatic carbocycles. The van der Waals surface area contributed by atoms with E-state index in [0.29, 0.717) is 24.6 Å². The second-order valence-electron chi connectivity index (χ2n) is 5.70. The molecule has 1 aliphatic rings. The highest BCUT2D eigenvalue weighted by Gasteiger charge is 2.36. The van der Waals surface area contributed by atoms with Gasteiger partial charge in [-0.25, -0.2) is 13.1 Å². The first kappa shape index (κ1) is 15.5. The molecule has 1 heterocycles. The number of furan rings is 1. The number of nitrogens with one attached hydrogen (secondary N) is 2. The van der Waals surface area contributed by atoms with Crippen LogP contribution in [-0.2, 0) is 16.6 Å². The maximum Gasteiger partial charge on any atom is 0.244 e. The number of rotatable bonds is 7. The lowest BCUT2D eigenvalue weighted by atomic mass is 9.67. The minimum absolute atomic E-state index is 0.165. The molecule has 0 unspecified atom stereocenters. The topological polar surface area (TPSA) is 71.3 Å². The molecule has 0 aromatic carbocycles. The molecule has 0 radical (unpaired) electrons. The third kappa shape index (κ3) is 3.07. The van der Waals surface area contributed by atoms with E-state index in [9.17, 15) is 8.42 Å². The predicted molar refractivity (Wildman–Crippen MR) is 78.0 cm³/mol. The summed E-state index contributed by atoms with van der Waals surface area (Å²) in [5, 5.41) is 2.95. The highest BCUT2D eigenvalue weighted by molar-refractivity contribution is 7.89. The van der Waals surface area contributed by atoms with Crippen LogP contribution >= 0.6 is 0 Å². The second kappa shape index (κ2) is 5.87. The van der Waals surface area contributed by atoms with Gasteiger partial charge in [0.25, 0.3) is 0 Å². The average Bonchev–Trinajstić information content (AvgIpc) is 2.71. The van der Waals surface area contributed by atoms with Crippen LogP contribution in [0.15, 0.2) is 15.4 Å². The Hall–Kier alpha value is -0.850. The van der Waals surface area contributed by atoms with Crippen LogP contribution in [0, 0.1) is 12.3 Å². The van der Waals surface area contributed by atoms with Gasteiger partial charge in [0, 0.05) is 12.6 Å². The Bertz CT molecular complexity index is 553. The fraction of sp³-hybridized carbons (Fsp3) is 0.714. The van der Waals surface area contributed by atoms with Gasteiger partial charge in [-0.3, -0.25) is 0 Å². The minimum Gasteiger partial charge on any atom is -0.464 e. The quantitative estimate of drug-likeness (QED) is 0.809. The Balaban J connectivity index is 2.10. The molecule has 0 spiro atoms. The maximum absolute atomic E-state index is 12.4. The lowest BCUT2D eigenvalue weighted by Crippen LogP contribution is -2.41. The lowest BCUT2D eigenvalue weighted by Gasteiger charge is -2.41. The van der Waals surface area contributed by atoms with E-state index < -0.39 is 10.0 Å². The highest BCUT2D eigenvalue weighted by Crippen LogP contribution is 2.43. The van der Waals surface area contributed by atoms with Crippen LogP contribution in [0.3, 0.4) is 0 Å². The summed E-state index contributed by atoms with van der Waals surface area (Å²) in [6.45, 7) is 4.86. The zero-order valence-corrected chi connectivity index (χ0v) is 13.3. The normalized spacial score (nSPS) is 17.9. The summed E-state index contributed by atoms with van der Waals surface area (Å²) in [5.74, 6) is 1.08. The summed E-state index contributed by atoms with van der Waals surface area (Å²) >= 11 is 0. The number of hydrogen-bond donors (Lipinski definition) is 2. The van der Waals surface area contributed by atoms with Gasteiger partial charge in [0.05, 0.1) is 6.54 Å². The van der Waals surface area contributed by atoms with E-state index >= 15 is 0 Å². The summed E-state index contributed by atoms with van der Waals surface area (Å²) in [6, 6.07) is 1.60. The van der Waals surface area contributed by atoms with Crippen molar-refractivity contribution >= 4 is 10.0 Å². The lowest BCUT2D eigenvalue weighted by molar-refractivity contribution is 0.133. The Labute approximate surface area is 121 Å². The van der Waals surface area contributed by atoms with Crippen molar-refractivity contribution in [3.8, 4) is 0 Å². The third-order valence-corrected chi connectivity index (χ3v) is 5.87. The highest BCUT2D eigenvalue weighted by atomic mass is 32.2. The fourth-order valence-electron chi connectivity index (χ4n) is 2.71. The molecule has 5 nitrogen and oxygen atoms in total. The Kier molecular flexibility index (Phi) is 4.56. The van der Waals surface area contributed by atoms with E-state index in [1.807, 2.05) is 0 Å². The third-order valence-electron chi connectivity index (χ3n) is 4.37. The van der Waals surface area contributed by atoms with Crippen LogP contribution in [-0.4, -0.2) is 22.0 Å². The molecule has 0 amide bonds. The SMILES string of the molecule is CCC1(CNS(=O)(=O)c2cc(CNC)oc2C)CCC1. The monoisotopic (exact) mass is 300 g/mol. The first-order valence-corrected chi connectivity index (χ1v) is 8.64. The predicted octanol–water partition coefficient (Wildman–Crippen LogP) is 2.17. The van der Waals surface area contributed by atoms with Crippen molar-refractivity contribution in [1.82, 2.24) is 10.0 Å². The van der Waals surface area contributed by atoms with Crippen molar-refractivity contribution in [2.75, 3.05) is 13.6 Å². The molecule has 0 bridgehead atoms. The molecular weight excluding hydrogens is 276 g/mol. The van der Waals surface area contributed by atoms with Gasteiger partial charge in [-0.1, -0.05) is 13.3 Å². The van der Waals surface area contributed by atoms with Crippen LogP contribution in [0.2, 0.25) is 0 Å². The van der Waals surface area contributed by atoms with E-state index in [4.69, 9.17) is 4.42 Å². The molecule has 20 heavy (non-hydrogen) atoms. The molecule has 1 fully saturated rings. The van der Waals surface area contributed by atoms with Crippen LogP contribution < -0.4 is 10.0 Å². The largest absolute Gasteiger partial charge is 0.464 e. The van der Waals surface area contributed by atoms with Gasteiger partial charge < -0.3 is 9.73 Å². The van der Waals surface area contributed by atoms with Gasteiger partial charge in [0.15, 0.2) is 0 Å². The van der Waals surface area contributed by atoms with E-state index in [1.165, 1.54) is 6.42 Å². The molecule has 2 N–H and O–H groups in total. The zero-order chi connectivity index (χ0) is 14.8. The summed E-state index contributed by atoms with van der Waals surface area (Å²) in [4.78, 5) is 0.258. The van der Waals surface area contributed by atoms with Crippen molar-refractivity contribution in [1.29, 1.82) is 0 Å². The van der Waals surface area contributed by atoms with Crippen molar-refractivity contribution in [2.24, 2.45) is 5.41 Å². The summed E-state index contributed by atoms with van der Waals surface area (Å²) in [6.07, 6.45) is 4.44. The second-order valence-corrected chi connectivity index (χ2v) is 7.43. The van der Waals surface area contributed by atoms with E-state index in [-0.39, 0.29) is 10.3 Å².